The number of carbonyl (C=O) groups is 1. The molecule has 2 saturated heterocycles. The normalized spacial score (nSPS) is 25.5. The summed E-state index contributed by atoms with van der Waals surface area (Å²) in [5.74, 6) is 0.309. The fraction of sp³-hybridized carbons (Fsp3) is 0.565. The number of benzene rings is 1. The van der Waals surface area contributed by atoms with E-state index in [0.717, 1.165) is 5.71 Å². The standard InChI is InChI=1S/C23H26F3N5O5/c1-13-14(2)29-35-19(13)28-21(32)31-9-7-22(8-10-31)11-16(12-33-22)18-27-20(36-30-18)15-3-5-17(6-4-15)34-23(24,25)26/h3-6,13,16,19H,7-12H2,1-2H3,(H,28,32). The van der Waals surface area contributed by atoms with E-state index in [1.807, 2.05) is 13.8 Å². The Hall–Kier alpha value is -3.35. The fourth-order valence-electron chi connectivity index (χ4n) is 4.69. The van der Waals surface area contributed by atoms with E-state index in [1.165, 1.54) is 24.3 Å². The van der Waals surface area contributed by atoms with Crippen molar-refractivity contribution in [2.75, 3.05) is 19.7 Å². The number of ether oxygens (including phenoxy) is 2. The minimum absolute atomic E-state index is 0.0232. The molecule has 10 nitrogen and oxygen atoms in total. The van der Waals surface area contributed by atoms with Crippen LogP contribution in [-0.2, 0) is 9.57 Å². The van der Waals surface area contributed by atoms with Gasteiger partial charge in [0.2, 0.25) is 6.23 Å². The van der Waals surface area contributed by atoms with Gasteiger partial charge in [0, 0.05) is 24.6 Å². The third kappa shape index (κ3) is 5.11. The molecule has 3 atom stereocenters. The highest BCUT2D eigenvalue weighted by Gasteiger charge is 2.45. The molecule has 0 saturated carbocycles. The Morgan fingerprint density at radius 3 is 2.58 bits per heavy atom. The summed E-state index contributed by atoms with van der Waals surface area (Å²) in [6.07, 6.45) is -3.16. The van der Waals surface area contributed by atoms with Gasteiger partial charge in [-0.05, 0) is 50.5 Å². The molecule has 1 N–H and O–H groups in total. The van der Waals surface area contributed by atoms with Crippen molar-refractivity contribution in [2.24, 2.45) is 11.1 Å². The summed E-state index contributed by atoms with van der Waals surface area (Å²) in [7, 11) is 0. The minimum atomic E-state index is -4.76. The maximum Gasteiger partial charge on any atom is 0.573 e. The molecule has 2 aromatic rings. The average molecular weight is 509 g/mol. The Balaban J connectivity index is 1.14. The second kappa shape index (κ2) is 9.26. The minimum Gasteiger partial charge on any atom is -0.406 e. The Morgan fingerprint density at radius 2 is 1.94 bits per heavy atom. The van der Waals surface area contributed by atoms with Crippen molar-refractivity contribution >= 4 is 11.7 Å². The summed E-state index contributed by atoms with van der Waals surface area (Å²) >= 11 is 0. The molecule has 1 aromatic heterocycles. The number of alkyl halides is 3. The number of piperidine rings is 1. The van der Waals surface area contributed by atoms with Crippen molar-refractivity contribution in [2.45, 2.75) is 57.2 Å². The molecule has 3 aliphatic rings. The smallest absolute Gasteiger partial charge is 0.406 e. The molecule has 36 heavy (non-hydrogen) atoms. The van der Waals surface area contributed by atoms with E-state index >= 15 is 0 Å². The highest BCUT2D eigenvalue weighted by molar-refractivity contribution is 5.86. The monoisotopic (exact) mass is 509 g/mol. The molecular weight excluding hydrogens is 483 g/mol. The third-order valence-electron chi connectivity index (χ3n) is 7.00. The first-order valence-electron chi connectivity index (χ1n) is 11.7. The fourth-order valence-corrected chi connectivity index (χ4v) is 4.69. The number of rotatable bonds is 4. The van der Waals surface area contributed by atoms with Crippen molar-refractivity contribution in [3.63, 3.8) is 0 Å². The van der Waals surface area contributed by atoms with Crippen LogP contribution < -0.4 is 10.1 Å². The van der Waals surface area contributed by atoms with E-state index in [4.69, 9.17) is 14.1 Å². The second-order valence-corrected chi connectivity index (χ2v) is 9.41. The molecule has 5 rings (SSSR count). The summed E-state index contributed by atoms with van der Waals surface area (Å²) in [4.78, 5) is 24.1. The van der Waals surface area contributed by atoms with Crippen LogP contribution in [0.4, 0.5) is 18.0 Å². The number of oxime groups is 1. The summed E-state index contributed by atoms with van der Waals surface area (Å²) < 4.78 is 52.5. The van der Waals surface area contributed by atoms with Crippen LogP contribution >= 0.6 is 0 Å². The number of carbonyl (C=O) groups excluding carboxylic acids is 1. The van der Waals surface area contributed by atoms with Gasteiger partial charge in [0.25, 0.3) is 5.89 Å². The lowest BCUT2D eigenvalue weighted by Gasteiger charge is -2.38. The van der Waals surface area contributed by atoms with E-state index in [-0.39, 0.29) is 35.1 Å². The zero-order valence-corrected chi connectivity index (χ0v) is 19.7. The summed E-state index contributed by atoms with van der Waals surface area (Å²) in [5.41, 5.74) is 0.966. The van der Waals surface area contributed by atoms with Gasteiger partial charge in [-0.15, -0.1) is 13.2 Å². The Bertz CT molecular complexity index is 1130. The molecule has 2 amide bonds. The van der Waals surface area contributed by atoms with Crippen LogP contribution in [0.15, 0.2) is 33.9 Å². The van der Waals surface area contributed by atoms with Crippen LogP contribution in [-0.4, -0.2) is 64.7 Å². The highest BCUT2D eigenvalue weighted by atomic mass is 19.4. The van der Waals surface area contributed by atoms with Gasteiger partial charge >= 0.3 is 12.4 Å². The van der Waals surface area contributed by atoms with Gasteiger partial charge in [-0.1, -0.05) is 17.2 Å². The van der Waals surface area contributed by atoms with E-state index in [2.05, 4.69) is 25.4 Å². The zero-order chi connectivity index (χ0) is 25.5. The number of urea groups is 1. The van der Waals surface area contributed by atoms with Crippen LogP contribution in [0.25, 0.3) is 11.5 Å². The second-order valence-electron chi connectivity index (χ2n) is 9.41. The zero-order valence-electron chi connectivity index (χ0n) is 19.7. The number of aromatic nitrogens is 2. The number of nitrogens with zero attached hydrogens (tertiary/aromatic N) is 4. The van der Waals surface area contributed by atoms with Gasteiger partial charge < -0.3 is 23.7 Å². The number of likely N-dealkylation sites (tertiary alicyclic amines) is 1. The Morgan fingerprint density at radius 1 is 1.22 bits per heavy atom. The van der Waals surface area contributed by atoms with Crippen molar-refractivity contribution in [3.8, 4) is 17.2 Å². The van der Waals surface area contributed by atoms with Gasteiger partial charge in [-0.25, -0.2) is 4.79 Å². The first-order valence-corrected chi connectivity index (χ1v) is 11.7. The Kier molecular flexibility index (Phi) is 6.27. The van der Waals surface area contributed by atoms with Crippen molar-refractivity contribution in [3.05, 3.63) is 30.1 Å². The van der Waals surface area contributed by atoms with Gasteiger partial charge in [0.1, 0.15) is 5.75 Å². The maximum absolute atomic E-state index is 12.7. The topological polar surface area (TPSA) is 111 Å². The molecule has 2 fully saturated rings. The van der Waals surface area contributed by atoms with E-state index in [9.17, 15) is 18.0 Å². The number of hydrogen-bond donors (Lipinski definition) is 1. The molecule has 0 radical (unpaired) electrons. The summed E-state index contributed by atoms with van der Waals surface area (Å²) in [6.45, 7) is 5.33. The molecule has 1 aromatic carbocycles. The molecule has 3 unspecified atom stereocenters. The number of halogens is 3. The van der Waals surface area contributed by atoms with Gasteiger partial charge in [0.15, 0.2) is 5.82 Å². The van der Waals surface area contributed by atoms with Crippen LogP contribution in [0.5, 0.6) is 5.75 Å². The molecule has 3 aliphatic heterocycles. The highest BCUT2D eigenvalue weighted by Crippen LogP contribution is 2.42. The first kappa shape index (κ1) is 24.3. The molecule has 0 bridgehead atoms. The van der Waals surface area contributed by atoms with Crippen LogP contribution in [0.1, 0.15) is 44.9 Å². The van der Waals surface area contributed by atoms with Crippen LogP contribution in [0.3, 0.4) is 0 Å². The third-order valence-corrected chi connectivity index (χ3v) is 7.00. The van der Waals surface area contributed by atoms with Crippen LogP contribution in [0.2, 0.25) is 0 Å². The lowest BCUT2D eigenvalue weighted by Crippen LogP contribution is -2.52. The summed E-state index contributed by atoms with van der Waals surface area (Å²) in [5, 5.41) is 10.9. The average Bonchev–Trinajstić information content (AvgIpc) is 3.55. The first-order chi connectivity index (χ1) is 17.1. The van der Waals surface area contributed by atoms with Crippen LogP contribution in [0, 0.1) is 5.92 Å². The quantitative estimate of drug-likeness (QED) is 0.662. The van der Waals surface area contributed by atoms with E-state index in [1.54, 1.807) is 4.90 Å². The van der Waals surface area contributed by atoms with Crippen molar-refractivity contribution in [1.29, 1.82) is 0 Å². The molecule has 1 spiro atoms. The summed E-state index contributed by atoms with van der Waals surface area (Å²) in [6, 6.07) is 5.05. The van der Waals surface area contributed by atoms with Gasteiger partial charge in [-0.2, -0.15) is 4.98 Å². The van der Waals surface area contributed by atoms with Gasteiger partial charge in [-0.3, -0.25) is 5.32 Å². The SMILES string of the molecule is CC1=NOC(NC(=O)N2CCC3(CC2)CC(c2noc(-c4ccc(OC(F)(F)F)cc4)n2)CO3)C1C. The van der Waals surface area contributed by atoms with E-state index < -0.39 is 12.6 Å². The van der Waals surface area contributed by atoms with Gasteiger partial charge in [0.05, 0.1) is 23.8 Å². The predicted molar refractivity (Wildman–Crippen MR) is 119 cm³/mol. The molecule has 194 valence electrons. The molecular formula is C23H26F3N5O5. The number of amides is 2. The number of hydrogen-bond acceptors (Lipinski definition) is 8. The lowest BCUT2D eigenvalue weighted by molar-refractivity contribution is -0.274. The molecule has 4 heterocycles. The molecule has 0 aliphatic carbocycles. The largest absolute Gasteiger partial charge is 0.573 e. The molecule has 13 heteroatoms. The maximum atomic E-state index is 12.7. The van der Waals surface area contributed by atoms with E-state index in [0.29, 0.717) is 50.3 Å². The lowest BCUT2D eigenvalue weighted by atomic mass is 9.85. The predicted octanol–water partition coefficient (Wildman–Crippen LogP) is 4.05. The number of nitrogens with one attached hydrogen (secondary N) is 1. The Labute approximate surface area is 204 Å². The van der Waals surface area contributed by atoms with Crippen molar-refractivity contribution < 1.29 is 36.8 Å². The van der Waals surface area contributed by atoms with Crippen molar-refractivity contribution in [1.82, 2.24) is 20.4 Å².